The van der Waals surface area contributed by atoms with E-state index in [1.165, 1.54) is 24.8 Å². The van der Waals surface area contributed by atoms with Gasteiger partial charge in [-0.25, -0.2) is 0 Å². The summed E-state index contributed by atoms with van der Waals surface area (Å²) in [7, 11) is 2.00. The standard InChI is InChI=1S/C13H21N3/c1-3-14-13(12-7-15-16(2)8-12)11-5-9-4-10(9)6-11/h7-11,13-14H,3-6H2,1-2H3. The summed E-state index contributed by atoms with van der Waals surface area (Å²) in [5.74, 6) is 2.96. The van der Waals surface area contributed by atoms with E-state index in [0.717, 1.165) is 24.3 Å². The Kier molecular flexibility index (Phi) is 2.51. The number of aryl methyl sites for hydroxylation is 1. The second-order valence-electron chi connectivity index (χ2n) is 5.47. The molecule has 1 aromatic rings. The highest BCUT2D eigenvalue weighted by molar-refractivity contribution is 5.14. The fourth-order valence-corrected chi connectivity index (χ4v) is 3.41. The summed E-state index contributed by atoms with van der Waals surface area (Å²) >= 11 is 0. The maximum absolute atomic E-state index is 4.30. The Hall–Kier alpha value is -0.830. The predicted octanol–water partition coefficient (Wildman–Crippen LogP) is 2.12. The van der Waals surface area contributed by atoms with Crippen molar-refractivity contribution in [2.24, 2.45) is 24.8 Å². The van der Waals surface area contributed by atoms with Crippen molar-refractivity contribution in [3.8, 4) is 0 Å². The van der Waals surface area contributed by atoms with E-state index in [9.17, 15) is 0 Å². The quantitative estimate of drug-likeness (QED) is 0.840. The van der Waals surface area contributed by atoms with E-state index in [4.69, 9.17) is 0 Å². The average Bonchev–Trinajstić information content (AvgIpc) is 2.71. The first-order valence-corrected chi connectivity index (χ1v) is 6.50. The number of nitrogens with zero attached hydrogens (tertiary/aromatic N) is 2. The molecule has 0 spiro atoms. The van der Waals surface area contributed by atoms with Crippen molar-refractivity contribution in [2.45, 2.75) is 32.2 Å². The highest BCUT2D eigenvalue weighted by Gasteiger charge is 2.48. The van der Waals surface area contributed by atoms with E-state index in [-0.39, 0.29) is 0 Å². The molecular formula is C13H21N3. The van der Waals surface area contributed by atoms with Crippen LogP contribution in [0.3, 0.4) is 0 Å². The lowest BCUT2D eigenvalue weighted by molar-refractivity contribution is 0.346. The molecule has 16 heavy (non-hydrogen) atoms. The van der Waals surface area contributed by atoms with Crippen LogP contribution in [0.5, 0.6) is 0 Å². The van der Waals surface area contributed by atoms with Crippen LogP contribution in [0.1, 0.15) is 37.8 Å². The van der Waals surface area contributed by atoms with E-state index < -0.39 is 0 Å². The van der Waals surface area contributed by atoms with Crippen molar-refractivity contribution >= 4 is 0 Å². The van der Waals surface area contributed by atoms with Gasteiger partial charge >= 0.3 is 0 Å². The van der Waals surface area contributed by atoms with Crippen LogP contribution in [0, 0.1) is 17.8 Å². The highest BCUT2D eigenvalue weighted by Crippen LogP contribution is 2.57. The monoisotopic (exact) mass is 219 g/mol. The number of hydrogen-bond acceptors (Lipinski definition) is 2. The lowest BCUT2D eigenvalue weighted by Gasteiger charge is -2.24. The van der Waals surface area contributed by atoms with Gasteiger partial charge in [0.2, 0.25) is 0 Å². The summed E-state index contributed by atoms with van der Waals surface area (Å²) in [5.41, 5.74) is 1.37. The molecule has 3 heteroatoms. The van der Waals surface area contributed by atoms with Crippen LogP contribution in [0.2, 0.25) is 0 Å². The molecule has 2 aliphatic carbocycles. The molecule has 1 heterocycles. The largest absolute Gasteiger partial charge is 0.310 e. The molecule has 0 radical (unpaired) electrons. The van der Waals surface area contributed by atoms with Crippen LogP contribution in [0.15, 0.2) is 12.4 Å². The lowest BCUT2D eigenvalue weighted by atomic mass is 9.90. The Morgan fingerprint density at radius 3 is 2.75 bits per heavy atom. The molecule has 0 aliphatic heterocycles. The molecule has 3 unspecified atom stereocenters. The van der Waals surface area contributed by atoms with Crippen LogP contribution in [-0.2, 0) is 7.05 Å². The van der Waals surface area contributed by atoms with E-state index in [2.05, 4.69) is 23.5 Å². The zero-order chi connectivity index (χ0) is 11.1. The Labute approximate surface area is 97.2 Å². The van der Waals surface area contributed by atoms with Crippen LogP contribution < -0.4 is 5.32 Å². The zero-order valence-corrected chi connectivity index (χ0v) is 10.2. The van der Waals surface area contributed by atoms with Crippen LogP contribution in [0.25, 0.3) is 0 Å². The van der Waals surface area contributed by atoms with Gasteiger partial charge in [0.25, 0.3) is 0 Å². The van der Waals surface area contributed by atoms with Crippen molar-refractivity contribution in [1.29, 1.82) is 0 Å². The first kappa shape index (κ1) is 10.3. The summed E-state index contributed by atoms with van der Waals surface area (Å²) < 4.78 is 1.91. The van der Waals surface area contributed by atoms with Crippen LogP contribution >= 0.6 is 0 Å². The number of rotatable bonds is 4. The minimum atomic E-state index is 0.534. The molecule has 1 N–H and O–H groups in total. The fraction of sp³-hybridized carbons (Fsp3) is 0.769. The SMILES string of the molecule is CCNC(c1cnn(C)c1)C1CC2CC2C1. The fourth-order valence-electron chi connectivity index (χ4n) is 3.41. The molecule has 2 aliphatic rings. The van der Waals surface area contributed by atoms with Crippen LogP contribution in [-0.4, -0.2) is 16.3 Å². The minimum absolute atomic E-state index is 0.534. The first-order valence-electron chi connectivity index (χ1n) is 6.50. The van der Waals surface area contributed by atoms with Gasteiger partial charge in [-0.1, -0.05) is 6.92 Å². The van der Waals surface area contributed by atoms with Gasteiger partial charge in [-0.05, 0) is 43.6 Å². The molecule has 3 rings (SSSR count). The molecule has 0 bridgehead atoms. The maximum Gasteiger partial charge on any atom is 0.0537 e. The van der Waals surface area contributed by atoms with Crippen LogP contribution in [0.4, 0.5) is 0 Å². The molecule has 1 aromatic heterocycles. The molecule has 2 fully saturated rings. The van der Waals surface area contributed by atoms with Crippen molar-refractivity contribution in [3.63, 3.8) is 0 Å². The van der Waals surface area contributed by atoms with Gasteiger partial charge in [0, 0.05) is 24.8 Å². The second-order valence-corrected chi connectivity index (χ2v) is 5.47. The topological polar surface area (TPSA) is 29.9 Å². The van der Waals surface area contributed by atoms with E-state index in [0.29, 0.717) is 6.04 Å². The average molecular weight is 219 g/mol. The molecule has 3 nitrogen and oxygen atoms in total. The number of fused-ring (bicyclic) bond motifs is 1. The summed E-state index contributed by atoms with van der Waals surface area (Å²) in [5, 5.41) is 7.94. The Morgan fingerprint density at radius 1 is 1.44 bits per heavy atom. The van der Waals surface area contributed by atoms with Gasteiger partial charge in [0.05, 0.1) is 6.20 Å². The summed E-state index contributed by atoms with van der Waals surface area (Å²) in [6, 6.07) is 0.534. The number of aromatic nitrogens is 2. The maximum atomic E-state index is 4.30. The lowest BCUT2D eigenvalue weighted by Crippen LogP contribution is -2.27. The van der Waals surface area contributed by atoms with Gasteiger partial charge < -0.3 is 5.32 Å². The number of hydrogen-bond donors (Lipinski definition) is 1. The molecule has 3 atom stereocenters. The van der Waals surface area contributed by atoms with E-state index in [1.807, 2.05) is 17.9 Å². The third-order valence-electron chi connectivity index (χ3n) is 4.26. The van der Waals surface area contributed by atoms with Crippen molar-refractivity contribution in [2.75, 3.05) is 6.54 Å². The molecule has 88 valence electrons. The summed E-state index contributed by atoms with van der Waals surface area (Å²) in [6.07, 6.45) is 8.55. The molecular weight excluding hydrogens is 198 g/mol. The second kappa shape index (κ2) is 3.88. The minimum Gasteiger partial charge on any atom is -0.310 e. The summed E-state index contributed by atoms with van der Waals surface area (Å²) in [6.45, 7) is 3.24. The third kappa shape index (κ3) is 1.77. The molecule has 0 saturated heterocycles. The van der Waals surface area contributed by atoms with Gasteiger partial charge in [-0.15, -0.1) is 0 Å². The van der Waals surface area contributed by atoms with Gasteiger partial charge in [0.1, 0.15) is 0 Å². The Balaban J connectivity index is 1.75. The molecule has 2 saturated carbocycles. The molecule has 0 aromatic carbocycles. The van der Waals surface area contributed by atoms with Gasteiger partial charge in [0.15, 0.2) is 0 Å². The van der Waals surface area contributed by atoms with Crippen molar-refractivity contribution in [3.05, 3.63) is 18.0 Å². The third-order valence-corrected chi connectivity index (χ3v) is 4.26. The Morgan fingerprint density at radius 2 is 2.19 bits per heavy atom. The zero-order valence-electron chi connectivity index (χ0n) is 10.2. The predicted molar refractivity (Wildman–Crippen MR) is 63.9 cm³/mol. The van der Waals surface area contributed by atoms with Gasteiger partial charge in [-0.3, -0.25) is 4.68 Å². The number of nitrogens with one attached hydrogen (secondary N) is 1. The smallest absolute Gasteiger partial charge is 0.0537 e. The first-order chi connectivity index (χ1) is 7.78. The normalized spacial score (nSPS) is 33.8. The highest BCUT2D eigenvalue weighted by atomic mass is 15.2. The van der Waals surface area contributed by atoms with Gasteiger partial charge in [-0.2, -0.15) is 5.10 Å². The Bertz CT molecular complexity index is 361. The van der Waals surface area contributed by atoms with E-state index in [1.54, 1.807) is 0 Å². The van der Waals surface area contributed by atoms with E-state index >= 15 is 0 Å². The van der Waals surface area contributed by atoms with Crippen molar-refractivity contribution in [1.82, 2.24) is 15.1 Å². The summed E-state index contributed by atoms with van der Waals surface area (Å²) in [4.78, 5) is 0. The van der Waals surface area contributed by atoms with Crippen molar-refractivity contribution < 1.29 is 0 Å². The molecule has 0 amide bonds.